The number of carbonyl (C=O) groups is 2. The molecule has 1 aliphatic carbocycles. The van der Waals surface area contributed by atoms with Gasteiger partial charge in [0.25, 0.3) is 0 Å². The second kappa shape index (κ2) is 6.94. The van der Waals surface area contributed by atoms with Gasteiger partial charge in [-0.3, -0.25) is 9.59 Å². The van der Waals surface area contributed by atoms with Crippen LogP contribution in [-0.4, -0.2) is 17.2 Å². The van der Waals surface area contributed by atoms with E-state index in [-0.39, 0.29) is 11.7 Å². The lowest BCUT2D eigenvalue weighted by atomic mass is 9.74. The van der Waals surface area contributed by atoms with Crippen molar-refractivity contribution in [3.05, 3.63) is 94.5 Å². The third kappa shape index (κ3) is 2.88. The molecule has 1 aliphatic heterocycles. The molecule has 30 heavy (non-hydrogen) atoms. The summed E-state index contributed by atoms with van der Waals surface area (Å²) >= 11 is 0. The lowest BCUT2D eigenvalue weighted by molar-refractivity contribution is -0.125. The fourth-order valence-electron chi connectivity index (χ4n) is 5.18. The number of ketones is 1. The van der Waals surface area contributed by atoms with Crippen LogP contribution in [0.5, 0.6) is 0 Å². The Bertz CT molecular complexity index is 1160. The van der Waals surface area contributed by atoms with Gasteiger partial charge in [0.2, 0.25) is 5.91 Å². The Morgan fingerprint density at radius 2 is 1.57 bits per heavy atom. The van der Waals surface area contributed by atoms with Crippen LogP contribution < -0.4 is 5.32 Å². The fraction of sp³-hybridized carbons (Fsp3) is 0.259. The summed E-state index contributed by atoms with van der Waals surface area (Å²) in [5.41, 5.74) is 6.88. The number of Topliss-reactive ketones (excluding diaryl/α,β-unsaturated/α-hetero) is 1. The van der Waals surface area contributed by atoms with Gasteiger partial charge in [-0.05, 0) is 65.6 Å². The van der Waals surface area contributed by atoms with E-state index >= 15 is 0 Å². The number of benzene rings is 3. The summed E-state index contributed by atoms with van der Waals surface area (Å²) in [6.45, 7) is 4.05. The molecule has 2 atom stereocenters. The van der Waals surface area contributed by atoms with E-state index in [1.807, 2.05) is 43.3 Å². The van der Waals surface area contributed by atoms with Crippen LogP contribution in [0.3, 0.4) is 0 Å². The summed E-state index contributed by atoms with van der Waals surface area (Å²) < 4.78 is 0. The van der Waals surface area contributed by atoms with Gasteiger partial charge in [-0.15, -0.1) is 0 Å². The topological polar surface area (TPSA) is 46.2 Å². The Hall–Kier alpha value is -3.20. The second-order valence-electron chi connectivity index (χ2n) is 8.70. The molecule has 0 aromatic heterocycles. The van der Waals surface area contributed by atoms with E-state index in [0.717, 1.165) is 34.2 Å². The van der Waals surface area contributed by atoms with E-state index in [1.54, 1.807) is 0 Å². The van der Waals surface area contributed by atoms with Crippen molar-refractivity contribution in [1.82, 2.24) is 5.32 Å². The first-order chi connectivity index (χ1) is 14.5. The summed E-state index contributed by atoms with van der Waals surface area (Å²) in [6, 6.07) is 22.6. The van der Waals surface area contributed by atoms with Crippen LogP contribution in [0.2, 0.25) is 0 Å². The number of hydrogen-bond acceptors (Lipinski definition) is 2. The van der Waals surface area contributed by atoms with Crippen molar-refractivity contribution >= 4 is 11.7 Å². The number of carbonyl (C=O) groups excluding carboxylic acids is 2. The molecule has 3 aromatic rings. The Morgan fingerprint density at radius 1 is 0.867 bits per heavy atom. The van der Waals surface area contributed by atoms with Crippen molar-refractivity contribution in [2.24, 2.45) is 0 Å². The number of fused-ring (bicyclic) bond motifs is 1. The highest BCUT2D eigenvalue weighted by molar-refractivity contribution is 6.17. The van der Waals surface area contributed by atoms with Crippen molar-refractivity contribution in [1.29, 1.82) is 0 Å². The summed E-state index contributed by atoms with van der Waals surface area (Å²) in [5, 5.41) is 3.11. The van der Waals surface area contributed by atoms with Crippen LogP contribution in [0.1, 0.15) is 40.2 Å². The molecule has 1 spiro atoms. The molecule has 5 rings (SSSR count). The van der Waals surface area contributed by atoms with Gasteiger partial charge < -0.3 is 5.32 Å². The van der Waals surface area contributed by atoms with E-state index in [1.165, 1.54) is 11.1 Å². The molecule has 2 aliphatic rings. The molecule has 1 heterocycles. The van der Waals surface area contributed by atoms with E-state index < -0.39 is 11.5 Å². The highest BCUT2D eigenvalue weighted by Gasteiger charge is 2.54. The minimum atomic E-state index is -0.769. The zero-order chi connectivity index (χ0) is 20.9. The first kappa shape index (κ1) is 18.8. The molecule has 3 nitrogen and oxygen atoms in total. The minimum absolute atomic E-state index is 0.0250. The fourth-order valence-corrected chi connectivity index (χ4v) is 5.18. The molecular formula is C27H25NO2. The lowest BCUT2D eigenvalue weighted by Gasteiger charge is -2.33. The highest BCUT2D eigenvalue weighted by atomic mass is 16.2. The maximum Gasteiger partial charge on any atom is 0.235 e. The van der Waals surface area contributed by atoms with Crippen molar-refractivity contribution in [2.75, 3.05) is 0 Å². The average Bonchev–Trinajstić information content (AvgIpc) is 2.99. The van der Waals surface area contributed by atoms with Crippen molar-refractivity contribution < 1.29 is 9.59 Å². The molecule has 2 unspecified atom stereocenters. The molecule has 0 saturated carbocycles. The molecule has 3 heteroatoms. The van der Waals surface area contributed by atoms with Crippen molar-refractivity contribution in [3.8, 4) is 11.1 Å². The third-order valence-corrected chi connectivity index (χ3v) is 6.80. The Labute approximate surface area is 177 Å². The predicted molar refractivity (Wildman–Crippen MR) is 118 cm³/mol. The van der Waals surface area contributed by atoms with Gasteiger partial charge in [0.15, 0.2) is 5.78 Å². The minimum Gasteiger partial charge on any atom is -0.342 e. The Balaban J connectivity index is 1.52. The van der Waals surface area contributed by atoms with Gasteiger partial charge in [0.05, 0.1) is 0 Å². The monoisotopic (exact) mass is 395 g/mol. The van der Waals surface area contributed by atoms with E-state index in [4.69, 9.17) is 0 Å². The summed E-state index contributed by atoms with van der Waals surface area (Å²) in [4.78, 5) is 26.7. The predicted octanol–water partition coefficient (Wildman–Crippen LogP) is 4.68. The van der Waals surface area contributed by atoms with E-state index in [0.29, 0.717) is 12.8 Å². The first-order valence-electron chi connectivity index (χ1n) is 10.6. The van der Waals surface area contributed by atoms with Crippen LogP contribution in [-0.2, 0) is 22.4 Å². The zero-order valence-electron chi connectivity index (χ0n) is 17.4. The number of nitrogens with one attached hydrogen (secondary N) is 1. The molecule has 1 amide bonds. The zero-order valence-corrected chi connectivity index (χ0v) is 17.4. The van der Waals surface area contributed by atoms with Crippen LogP contribution in [0.15, 0.2) is 66.7 Å². The quantitative estimate of drug-likeness (QED) is 0.641. The average molecular weight is 396 g/mol. The van der Waals surface area contributed by atoms with Gasteiger partial charge in [0, 0.05) is 6.42 Å². The smallest absolute Gasteiger partial charge is 0.235 e. The molecule has 0 bridgehead atoms. The summed E-state index contributed by atoms with van der Waals surface area (Å²) in [6.07, 6.45) is 2.08. The van der Waals surface area contributed by atoms with Crippen molar-refractivity contribution in [3.63, 3.8) is 0 Å². The normalized spacial score (nSPS) is 22.8. The molecule has 3 aromatic carbocycles. The third-order valence-electron chi connectivity index (χ3n) is 6.80. The number of hydrogen-bond donors (Lipinski definition) is 1. The molecule has 1 saturated heterocycles. The van der Waals surface area contributed by atoms with E-state index in [9.17, 15) is 9.59 Å². The first-order valence-corrected chi connectivity index (χ1v) is 10.6. The Morgan fingerprint density at radius 3 is 2.33 bits per heavy atom. The van der Waals surface area contributed by atoms with Crippen LogP contribution in [0.4, 0.5) is 0 Å². The number of aryl methyl sites for hydroxylation is 3. The highest BCUT2D eigenvalue weighted by Crippen LogP contribution is 2.40. The molecule has 1 N–H and O–H groups in total. The Kier molecular flexibility index (Phi) is 4.35. The largest absolute Gasteiger partial charge is 0.342 e. The van der Waals surface area contributed by atoms with Crippen LogP contribution in [0.25, 0.3) is 11.1 Å². The molecule has 1 fully saturated rings. The van der Waals surface area contributed by atoms with Gasteiger partial charge in [-0.1, -0.05) is 66.7 Å². The van der Waals surface area contributed by atoms with Gasteiger partial charge >= 0.3 is 0 Å². The maximum absolute atomic E-state index is 13.6. The van der Waals surface area contributed by atoms with Crippen molar-refractivity contribution in [2.45, 2.75) is 44.6 Å². The molecule has 0 radical (unpaired) electrons. The second-order valence-corrected chi connectivity index (χ2v) is 8.70. The van der Waals surface area contributed by atoms with E-state index in [2.05, 4.69) is 42.6 Å². The summed E-state index contributed by atoms with van der Waals surface area (Å²) in [5.74, 6) is -0.856. The van der Waals surface area contributed by atoms with Crippen LogP contribution >= 0.6 is 0 Å². The van der Waals surface area contributed by atoms with Gasteiger partial charge in [-0.25, -0.2) is 0 Å². The number of rotatable bonds is 2. The molecule has 150 valence electrons. The summed E-state index contributed by atoms with van der Waals surface area (Å²) in [7, 11) is 0. The van der Waals surface area contributed by atoms with Crippen LogP contribution in [0, 0.1) is 13.8 Å². The van der Waals surface area contributed by atoms with Gasteiger partial charge in [-0.2, -0.15) is 0 Å². The molecular weight excluding hydrogens is 370 g/mol. The van der Waals surface area contributed by atoms with Gasteiger partial charge in [0.1, 0.15) is 11.5 Å². The SMILES string of the molecule is Cc1cc(C2C(=O)NC3(CCc4ccccc4C3)C2=O)c(C)cc1-c1ccccc1. The number of amides is 1. The lowest BCUT2D eigenvalue weighted by Crippen LogP contribution is -2.50. The maximum atomic E-state index is 13.6. The standard InChI is InChI=1S/C27H25NO2/c1-17-15-23(18(2)14-22(17)20-9-4-3-5-10-20)24-25(29)27(28-26(24)30)13-12-19-8-6-7-11-21(19)16-27/h3-11,14-15,24H,12-13,16H2,1-2H3,(H,28,30).